The Balaban J connectivity index is 0. The number of nitrogens with one attached hydrogen (secondary N) is 2. The Kier molecular flexibility index (Phi) is 17.5. The molecule has 1 aromatic carbocycles. The van der Waals surface area contributed by atoms with E-state index in [0.29, 0.717) is 5.92 Å². The van der Waals surface area contributed by atoms with Crippen molar-refractivity contribution in [2.45, 2.75) is 47.5 Å². The molecule has 0 aliphatic carbocycles. The number of benzene rings is 1. The minimum absolute atomic E-state index is 0.695. The van der Waals surface area contributed by atoms with Crippen molar-refractivity contribution in [3.8, 4) is 0 Å². The predicted molar refractivity (Wildman–Crippen MR) is 99.2 cm³/mol. The third kappa shape index (κ3) is 10.1. The Hall–Kier alpha value is -1.35. The molecule has 0 spiro atoms. The van der Waals surface area contributed by atoms with E-state index in [0.717, 1.165) is 24.5 Å². The van der Waals surface area contributed by atoms with Crippen LogP contribution in [0.15, 0.2) is 29.3 Å². The molecule has 0 heterocycles. The zero-order valence-electron chi connectivity index (χ0n) is 14.9. The first-order valence-electron chi connectivity index (χ1n) is 8.26. The van der Waals surface area contributed by atoms with Crippen LogP contribution in [0.1, 0.15) is 47.5 Å². The molecule has 3 nitrogen and oxygen atoms in total. The largest absolute Gasteiger partial charge is 0.383 e. The third-order valence-electron chi connectivity index (χ3n) is 3.04. The summed E-state index contributed by atoms with van der Waals surface area (Å²) in [6.45, 7) is 15.9. The van der Waals surface area contributed by atoms with Gasteiger partial charge >= 0.3 is 0 Å². The summed E-state index contributed by atoms with van der Waals surface area (Å²) in [4.78, 5) is 4.01. The number of rotatable bonds is 8. The second-order valence-electron chi connectivity index (χ2n) is 4.22. The lowest BCUT2D eigenvalue weighted by Crippen LogP contribution is -2.19. The van der Waals surface area contributed by atoms with E-state index in [2.05, 4.69) is 35.3 Å². The molecule has 0 aliphatic rings. The van der Waals surface area contributed by atoms with Crippen molar-refractivity contribution < 1.29 is 0 Å². The number of para-hydroxylation sites is 2. The smallest absolute Gasteiger partial charge is 0.0853 e. The first-order valence-corrected chi connectivity index (χ1v) is 8.26. The highest BCUT2D eigenvalue weighted by Gasteiger charge is 2.06. The summed E-state index contributed by atoms with van der Waals surface area (Å²) in [7, 11) is 2.00. The maximum atomic E-state index is 4.01. The highest BCUT2D eigenvalue weighted by molar-refractivity contribution is 5.67. The Morgan fingerprint density at radius 3 is 2.29 bits per heavy atom. The fraction of sp³-hybridized carbons (Fsp3) is 0.611. The SMILES string of the molecule is C=Nc1ccccc1NCC(CC)CCNC.CC.CC. The maximum absolute atomic E-state index is 4.01. The van der Waals surface area contributed by atoms with E-state index in [9.17, 15) is 0 Å². The fourth-order valence-electron chi connectivity index (χ4n) is 1.81. The molecule has 122 valence electrons. The topological polar surface area (TPSA) is 36.4 Å². The quantitative estimate of drug-likeness (QED) is 0.653. The lowest BCUT2D eigenvalue weighted by Gasteiger charge is -2.17. The van der Waals surface area contributed by atoms with Gasteiger partial charge in [0.1, 0.15) is 0 Å². The van der Waals surface area contributed by atoms with Gasteiger partial charge in [0.15, 0.2) is 0 Å². The van der Waals surface area contributed by atoms with E-state index in [1.807, 2.05) is 52.9 Å². The number of anilines is 1. The molecule has 0 saturated heterocycles. The summed E-state index contributed by atoms with van der Waals surface area (Å²) < 4.78 is 0. The second kappa shape index (κ2) is 16.7. The third-order valence-corrected chi connectivity index (χ3v) is 3.04. The highest BCUT2D eigenvalue weighted by atomic mass is 14.9. The summed E-state index contributed by atoms with van der Waals surface area (Å²) in [5, 5.41) is 6.66. The Labute approximate surface area is 132 Å². The van der Waals surface area contributed by atoms with Gasteiger partial charge in [-0.1, -0.05) is 53.2 Å². The number of aliphatic imine (C=N–C) groups is 1. The molecule has 3 heteroatoms. The first-order chi connectivity index (χ1) is 10.3. The van der Waals surface area contributed by atoms with Crippen molar-refractivity contribution >= 4 is 18.1 Å². The van der Waals surface area contributed by atoms with Crippen LogP contribution in [0.3, 0.4) is 0 Å². The van der Waals surface area contributed by atoms with Crippen molar-refractivity contribution in [3.63, 3.8) is 0 Å². The van der Waals surface area contributed by atoms with Gasteiger partial charge in [0, 0.05) is 6.54 Å². The molecule has 21 heavy (non-hydrogen) atoms. The van der Waals surface area contributed by atoms with E-state index in [-0.39, 0.29) is 0 Å². The zero-order valence-corrected chi connectivity index (χ0v) is 14.9. The normalized spacial score (nSPS) is 10.4. The van der Waals surface area contributed by atoms with Gasteiger partial charge in [-0.3, -0.25) is 4.99 Å². The summed E-state index contributed by atoms with van der Waals surface area (Å²) in [5.41, 5.74) is 2.00. The Morgan fingerprint density at radius 1 is 1.14 bits per heavy atom. The summed E-state index contributed by atoms with van der Waals surface area (Å²) >= 11 is 0. The summed E-state index contributed by atoms with van der Waals surface area (Å²) in [6, 6.07) is 8.03. The highest BCUT2D eigenvalue weighted by Crippen LogP contribution is 2.24. The molecule has 1 atom stereocenters. The van der Waals surface area contributed by atoms with Gasteiger partial charge < -0.3 is 10.6 Å². The lowest BCUT2D eigenvalue weighted by molar-refractivity contribution is 0.483. The van der Waals surface area contributed by atoms with Gasteiger partial charge in [-0.05, 0) is 44.8 Å². The van der Waals surface area contributed by atoms with E-state index < -0.39 is 0 Å². The summed E-state index contributed by atoms with van der Waals surface area (Å²) in [6.07, 6.45) is 2.39. The molecule has 1 rings (SSSR count). The van der Waals surface area contributed by atoms with Crippen LogP contribution in [0.4, 0.5) is 11.4 Å². The standard InChI is InChI=1S/C14H23N3.2C2H6/c1-4-12(9-10-15-2)11-17-14-8-6-5-7-13(14)16-3;2*1-2/h5-8,12,15,17H,3-4,9-11H2,1-2H3;2*1-2H3. The second-order valence-corrected chi connectivity index (χ2v) is 4.22. The van der Waals surface area contributed by atoms with Crippen molar-refractivity contribution in [1.82, 2.24) is 5.32 Å². The molecule has 0 aliphatic heterocycles. The average molecular weight is 293 g/mol. The van der Waals surface area contributed by atoms with Crippen LogP contribution < -0.4 is 10.6 Å². The summed E-state index contributed by atoms with van der Waals surface area (Å²) in [5.74, 6) is 0.695. The fourth-order valence-corrected chi connectivity index (χ4v) is 1.81. The molecule has 1 unspecified atom stereocenters. The molecule has 0 aromatic heterocycles. The van der Waals surface area contributed by atoms with Crippen molar-refractivity contribution in [2.75, 3.05) is 25.5 Å². The van der Waals surface area contributed by atoms with Crippen LogP contribution in [-0.4, -0.2) is 26.9 Å². The van der Waals surface area contributed by atoms with Crippen LogP contribution in [0.5, 0.6) is 0 Å². The lowest BCUT2D eigenvalue weighted by atomic mass is 10.0. The van der Waals surface area contributed by atoms with Crippen LogP contribution >= 0.6 is 0 Å². The van der Waals surface area contributed by atoms with Gasteiger partial charge in [-0.15, -0.1) is 0 Å². The number of nitrogens with zero attached hydrogens (tertiary/aromatic N) is 1. The van der Waals surface area contributed by atoms with Crippen LogP contribution in [0.2, 0.25) is 0 Å². The minimum atomic E-state index is 0.695. The molecule has 0 saturated carbocycles. The van der Waals surface area contributed by atoms with Crippen LogP contribution in [-0.2, 0) is 0 Å². The minimum Gasteiger partial charge on any atom is -0.383 e. The van der Waals surface area contributed by atoms with Crippen molar-refractivity contribution in [1.29, 1.82) is 0 Å². The van der Waals surface area contributed by atoms with Gasteiger partial charge in [0.25, 0.3) is 0 Å². The van der Waals surface area contributed by atoms with Crippen molar-refractivity contribution in [2.24, 2.45) is 10.9 Å². The van der Waals surface area contributed by atoms with Gasteiger partial charge in [-0.25, -0.2) is 0 Å². The van der Waals surface area contributed by atoms with Crippen LogP contribution in [0.25, 0.3) is 0 Å². The maximum Gasteiger partial charge on any atom is 0.0853 e. The van der Waals surface area contributed by atoms with Crippen LogP contribution in [0, 0.1) is 5.92 Å². The van der Waals surface area contributed by atoms with E-state index in [1.54, 1.807) is 0 Å². The number of hydrogen-bond acceptors (Lipinski definition) is 3. The molecular formula is C18H35N3. The molecule has 0 radical (unpaired) electrons. The molecule has 0 bridgehead atoms. The van der Waals surface area contributed by atoms with E-state index in [1.165, 1.54) is 12.8 Å². The average Bonchev–Trinajstić information content (AvgIpc) is 2.59. The number of hydrogen-bond donors (Lipinski definition) is 2. The van der Waals surface area contributed by atoms with Crippen molar-refractivity contribution in [3.05, 3.63) is 24.3 Å². The molecule has 0 fully saturated rings. The van der Waals surface area contributed by atoms with Gasteiger partial charge in [0.2, 0.25) is 0 Å². The van der Waals surface area contributed by atoms with Gasteiger partial charge in [0.05, 0.1) is 11.4 Å². The first kappa shape index (κ1) is 21.9. The molecule has 1 aromatic rings. The molecule has 2 N–H and O–H groups in total. The predicted octanol–water partition coefficient (Wildman–Crippen LogP) is 5.12. The Bertz CT molecular complexity index is 337. The zero-order chi connectivity index (χ0) is 16.5. The van der Waals surface area contributed by atoms with Gasteiger partial charge in [-0.2, -0.15) is 0 Å². The van der Waals surface area contributed by atoms with E-state index in [4.69, 9.17) is 0 Å². The van der Waals surface area contributed by atoms with E-state index >= 15 is 0 Å². The molecular weight excluding hydrogens is 258 g/mol. The molecule has 0 amide bonds. The Morgan fingerprint density at radius 2 is 1.76 bits per heavy atom. The monoisotopic (exact) mass is 293 g/mol.